The first-order chi connectivity index (χ1) is 12.0. The molecule has 0 aromatic carbocycles. The quantitative estimate of drug-likeness (QED) is 0.800. The summed E-state index contributed by atoms with van der Waals surface area (Å²) in [7, 11) is 3.31. The van der Waals surface area contributed by atoms with Gasteiger partial charge in [-0.3, -0.25) is 14.3 Å². The van der Waals surface area contributed by atoms with E-state index in [4.69, 9.17) is 4.74 Å². The molecule has 7 heteroatoms. The predicted molar refractivity (Wildman–Crippen MR) is 95.1 cm³/mol. The largest absolute Gasteiger partial charge is 0.381 e. The molecule has 2 heterocycles. The molecule has 2 atom stereocenters. The fraction of sp³-hybridized carbons (Fsp3) is 0.722. The maximum absolute atomic E-state index is 12.6. The highest BCUT2D eigenvalue weighted by Gasteiger charge is 2.32. The SMILES string of the molecule is CCn1cc(CCC(=O)N2CC[C@@H](OC)[C@H](CC(=O)NC)C2)c(C)n1. The van der Waals surface area contributed by atoms with Gasteiger partial charge >= 0.3 is 0 Å². The van der Waals surface area contributed by atoms with Crippen molar-refractivity contribution >= 4 is 11.8 Å². The van der Waals surface area contributed by atoms with Crippen molar-refractivity contribution in [3.63, 3.8) is 0 Å². The van der Waals surface area contributed by atoms with E-state index < -0.39 is 0 Å². The van der Waals surface area contributed by atoms with Crippen LogP contribution in [-0.2, 0) is 27.3 Å². The second kappa shape index (κ2) is 8.99. The molecule has 1 aliphatic heterocycles. The summed E-state index contributed by atoms with van der Waals surface area (Å²) >= 11 is 0. The predicted octanol–water partition coefficient (Wildman–Crippen LogP) is 1.14. The number of hydrogen-bond donors (Lipinski definition) is 1. The van der Waals surface area contributed by atoms with E-state index in [2.05, 4.69) is 10.4 Å². The van der Waals surface area contributed by atoms with Crippen LogP contribution in [0.1, 0.15) is 37.4 Å². The molecular weight excluding hydrogens is 320 g/mol. The molecule has 1 aliphatic rings. The van der Waals surface area contributed by atoms with Gasteiger partial charge in [0.15, 0.2) is 0 Å². The molecule has 0 radical (unpaired) electrons. The lowest BCUT2D eigenvalue weighted by molar-refractivity contribution is -0.137. The number of hydrogen-bond acceptors (Lipinski definition) is 4. The van der Waals surface area contributed by atoms with E-state index in [1.165, 1.54) is 0 Å². The molecule has 0 spiro atoms. The van der Waals surface area contributed by atoms with E-state index in [1.54, 1.807) is 14.2 Å². The van der Waals surface area contributed by atoms with Crippen molar-refractivity contribution < 1.29 is 14.3 Å². The lowest BCUT2D eigenvalue weighted by Crippen LogP contribution is -2.47. The van der Waals surface area contributed by atoms with Crippen molar-refractivity contribution in [2.45, 2.75) is 52.2 Å². The Hall–Kier alpha value is -1.89. The van der Waals surface area contributed by atoms with Gasteiger partial charge in [-0.05, 0) is 32.3 Å². The highest BCUT2D eigenvalue weighted by atomic mass is 16.5. The summed E-state index contributed by atoms with van der Waals surface area (Å²) in [6, 6.07) is 0. The van der Waals surface area contributed by atoms with Crippen LogP contribution in [0.5, 0.6) is 0 Å². The molecule has 7 nitrogen and oxygen atoms in total. The molecule has 1 aromatic heterocycles. The minimum absolute atomic E-state index is 0.0102. The first-order valence-electron chi connectivity index (χ1n) is 9.02. The van der Waals surface area contributed by atoms with Gasteiger partial charge in [0, 0.05) is 58.7 Å². The zero-order valence-electron chi connectivity index (χ0n) is 15.7. The van der Waals surface area contributed by atoms with E-state index in [0.717, 1.165) is 24.2 Å². The maximum atomic E-state index is 12.6. The molecule has 1 aromatic rings. The first-order valence-corrected chi connectivity index (χ1v) is 9.02. The molecule has 1 N–H and O–H groups in total. The van der Waals surface area contributed by atoms with Crippen LogP contribution in [0.15, 0.2) is 6.20 Å². The third-order valence-corrected chi connectivity index (χ3v) is 5.03. The number of carbonyl (C=O) groups is 2. The number of aryl methyl sites for hydroxylation is 3. The molecule has 0 saturated carbocycles. The standard InChI is InChI=1S/C18H30N4O3/c1-5-22-12-14(13(2)20-22)6-7-18(24)21-9-8-16(25-4)15(11-21)10-17(23)19-3/h12,15-16H,5-11H2,1-4H3,(H,19,23)/t15-,16-/m1/s1. The summed E-state index contributed by atoms with van der Waals surface area (Å²) < 4.78 is 7.41. The van der Waals surface area contributed by atoms with Gasteiger partial charge in [-0.15, -0.1) is 0 Å². The number of carbonyl (C=O) groups excluding carboxylic acids is 2. The second-order valence-electron chi connectivity index (χ2n) is 6.64. The van der Waals surface area contributed by atoms with Gasteiger partial charge in [0.05, 0.1) is 11.8 Å². The average molecular weight is 350 g/mol. The number of aromatic nitrogens is 2. The fourth-order valence-electron chi connectivity index (χ4n) is 3.45. The highest BCUT2D eigenvalue weighted by molar-refractivity contribution is 5.77. The van der Waals surface area contributed by atoms with Crippen molar-refractivity contribution in [3.05, 3.63) is 17.5 Å². The molecule has 2 rings (SSSR count). The Kier molecular flexibility index (Phi) is 6.99. The van der Waals surface area contributed by atoms with Crippen molar-refractivity contribution in [2.75, 3.05) is 27.2 Å². The summed E-state index contributed by atoms with van der Waals surface area (Å²) in [6.45, 7) is 6.14. The van der Waals surface area contributed by atoms with Crippen LogP contribution < -0.4 is 5.32 Å². The summed E-state index contributed by atoms with van der Waals surface area (Å²) in [5.74, 6) is 0.177. The van der Waals surface area contributed by atoms with Crippen molar-refractivity contribution in [2.24, 2.45) is 5.92 Å². The first kappa shape index (κ1) is 19.4. The third-order valence-electron chi connectivity index (χ3n) is 5.03. The lowest BCUT2D eigenvalue weighted by atomic mass is 9.91. The van der Waals surface area contributed by atoms with Crippen LogP contribution in [0.3, 0.4) is 0 Å². The number of nitrogens with one attached hydrogen (secondary N) is 1. The average Bonchev–Trinajstić information content (AvgIpc) is 2.99. The Morgan fingerprint density at radius 2 is 2.20 bits per heavy atom. The van der Waals surface area contributed by atoms with Crippen molar-refractivity contribution in [3.8, 4) is 0 Å². The lowest BCUT2D eigenvalue weighted by Gasteiger charge is -2.37. The smallest absolute Gasteiger partial charge is 0.222 e. The zero-order chi connectivity index (χ0) is 18.4. The van der Waals surface area contributed by atoms with E-state index in [0.29, 0.717) is 32.4 Å². The molecule has 0 unspecified atom stereocenters. The van der Waals surface area contributed by atoms with Gasteiger partial charge < -0.3 is 15.0 Å². The Labute approximate surface area is 149 Å². The zero-order valence-corrected chi connectivity index (χ0v) is 15.7. The highest BCUT2D eigenvalue weighted by Crippen LogP contribution is 2.23. The van der Waals surface area contributed by atoms with E-state index in [9.17, 15) is 9.59 Å². The Bertz CT molecular complexity index is 599. The molecule has 140 valence electrons. The minimum atomic E-state index is -0.0102. The van der Waals surface area contributed by atoms with Crippen LogP contribution in [0.4, 0.5) is 0 Å². The molecule has 25 heavy (non-hydrogen) atoms. The van der Waals surface area contributed by atoms with Gasteiger partial charge in [0.1, 0.15) is 0 Å². The van der Waals surface area contributed by atoms with Gasteiger partial charge in [-0.25, -0.2) is 0 Å². The number of piperidine rings is 1. The van der Waals surface area contributed by atoms with Crippen LogP contribution in [0.25, 0.3) is 0 Å². The fourth-order valence-corrected chi connectivity index (χ4v) is 3.45. The topological polar surface area (TPSA) is 76.5 Å². The number of likely N-dealkylation sites (tertiary alicyclic amines) is 1. The van der Waals surface area contributed by atoms with Gasteiger partial charge in [0.25, 0.3) is 0 Å². The minimum Gasteiger partial charge on any atom is -0.381 e. The van der Waals surface area contributed by atoms with Crippen LogP contribution >= 0.6 is 0 Å². The van der Waals surface area contributed by atoms with Crippen LogP contribution in [0, 0.1) is 12.8 Å². The molecular formula is C18H30N4O3. The summed E-state index contributed by atoms with van der Waals surface area (Å²) in [5, 5.41) is 7.08. The third kappa shape index (κ3) is 5.04. The van der Waals surface area contributed by atoms with Gasteiger partial charge in [-0.1, -0.05) is 0 Å². The number of rotatable bonds is 7. The molecule has 1 fully saturated rings. The molecule has 1 saturated heterocycles. The molecule has 0 bridgehead atoms. The number of ether oxygens (including phenoxy) is 1. The normalized spacial score (nSPS) is 20.6. The monoisotopic (exact) mass is 350 g/mol. The van der Waals surface area contributed by atoms with Crippen LogP contribution in [-0.4, -0.2) is 59.8 Å². The molecule has 2 amide bonds. The van der Waals surface area contributed by atoms with Crippen molar-refractivity contribution in [1.29, 1.82) is 0 Å². The maximum Gasteiger partial charge on any atom is 0.222 e. The number of amides is 2. The second-order valence-corrected chi connectivity index (χ2v) is 6.64. The van der Waals surface area contributed by atoms with Crippen molar-refractivity contribution in [1.82, 2.24) is 20.0 Å². The van der Waals surface area contributed by atoms with E-state index >= 15 is 0 Å². The van der Waals surface area contributed by atoms with Gasteiger partial charge in [0.2, 0.25) is 11.8 Å². The summed E-state index contributed by atoms with van der Waals surface area (Å²) in [4.78, 5) is 26.2. The van der Waals surface area contributed by atoms with Gasteiger partial charge in [-0.2, -0.15) is 5.10 Å². The number of nitrogens with zero attached hydrogens (tertiary/aromatic N) is 3. The molecule has 0 aliphatic carbocycles. The summed E-state index contributed by atoms with van der Waals surface area (Å²) in [6.07, 6.45) is 4.40. The van der Waals surface area contributed by atoms with E-state index in [-0.39, 0.29) is 23.8 Å². The van der Waals surface area contributed by atoms with Crippen LogP contribution in [0.2, 0.25) is 0 Å². The Balaban J connectivity index is 1.92. The number of methoxy groups -OCH3 is 1. The van der Waals surface area contributed by atoms with E-state index in [1.807, 2.05) is 29.6 Å². The summed E-state index contributed by atoms with van der Waals surface area (Å²) in [5.41, 5.74) is 2.12. The Morgan fingerprint density at radius 1 is 1.44 bits per heavy atom. The Morgan fingerprint density at radius 3 is 2.80 bits per heavy atom.